The van der Waals surface area contributed by atoms with Crippen molar-refractivity contribution in [2.75, 3.05) is 31.3 Å². The van der Waals surface area contributed by atoms with Crippen LogP contribution in [0.1, 0.15) is 15.9 Å². The van der Waals surface area contributed by atoms with E-state index in [0.29, 0.717) is 11.1 Å². The molecule has 0 aliphatic heterocycles. The number of anilines is 1. The molecule has 0 aliphatic carbocycles. The van der Waals surface area contributed by atoms with Crippen LogP contribution in [0.3, 0.4) is 0 Å². The normalized spacial score (nSPS) is 11.2. The van der Waals surface area contributed by atoms with Crippen molar-refractivity contribution in [2.45, 2.75) is 0 Å². The topological polar surface area (TPSA) is 114 Å². The van der Waals surface area contributed by atoms with E-state index in [1.807, 2.05) is 0 Å². The van der Waals surface area contributed by atoms with Gasteiger partial charge in [-0.3, -0.25) is 9.10 Å². The maximum absolute atomic E-state index is 12.3. The summed E-state index contributed by atoms with van der Waals surface area (Å²) in [4.78, 5) is 23.7. The van der Waals surface area contributed by atoms with Gasteiger partial charge in [-0.25, -0.2) is 18.6 Å². The van der Waals surface area contributed by atoms with Crippen molar-refractivity contribution in [1.29, 1.82) is 0 Å². The van der Waals surface area contributed by atoms with Crippen molar-refractivity contribution in [3.8, 4) is 5.75 Å². The fourth-order valence-electron chi connectivity index (χ4n) is 2.41. The molecule has 2 rings (SSSR count). The average molecular weight is 454 g/mol. The first-order chi connectivity index (χ1) is 14.2. The molecule has 0 saturated carbocycles. The highest BCUT2D eigenvalue weighted by molar-refractivity contribution is 7.92. The molecule has 2 aromatic carbocycles. The minimum atomic E-state index is -3.82. The summed E-state index contributed by atoms with van der Waals surface area (Å²) in [5.74, 6) is -0.902. The number of methoxy groups -OCH3 is 2. The average Bonchev–Trinajstić information content (AvgIpc) is 2.71. The van der Waals surface area contributed by atoms with Crippen molar-refractivity contribution in [3.05, 3.63) is 58.6 Å². The molecule has 0 spiro atoms. The van der Waals surface area contributed by atoms with Crippen molar-refractivity contribution in [2.24, 2.45) is 5.10 Å². The lowest BCUT2D eigenvalue weighted by Gasteiger charge is -2.23. The number of carbonyl (C=O) groups excluding carboxylic acids is 2. The quantitative estimate of drug-likeness (QED) is 0.371. The monoisotopic (exact) mass is 453 g/mol. The van der Waals surface area contributed by atoms with Crippen LogP contribution in [0, 0.1) is 0 Å². The van der Waals surface area contributed by atoms with E-state index in [-0.39, 0.29) is 16.5 Å². The summed E-state index contributed by atoms with van der Waals surface area (Å²) in [6.07, 6.45) is 2.32. The zero-order chi connectivity index (χ0) is 22.3. The molecule has 0 radical (unpaired) electrons. The zero-order valence-electron chi connectivity index (χ0n) is 16.5. The van der Waals surface area contributed by atoms with Crippen molar-refractivity contribution in [3.63, 3.8) is 0 Å². The number of ether oxygens (including phenoxy) is 2. The molecule has 0 fully saturated rings. The summed E-state index contributed by atoms with van der Waals surface area (Å²) in [6.45, 7) is -0.534. The van der Waals surface area contributed by atoms with Crippen LogP contribution in [0.4, 0.5) is 5.69 Å². The Bertz CT molecular complexity index is 1050. The molecule has 2 aromatic rings. The van der Waals surface area contributed by atoms with Gasteiger partial charge in [0.05, 0.1) is 37.9 Å². The third-order valence-corrected chi connectivity index (χ3v) is 5.19. The third kappa shape index (κ3) is 6.19. The molecule has 0 bridgehead atoms. The van der Waals surface area contributed by atoms with Crippen LogP contribution in [-0.2, 0) is 19.6 Å². The Morgan fingerprint density at radius 1 is 1.17 bits per heavy atom. The van der Waals surface area contributed by atoms with E-state index >= 15 is 0 Å². The molecule has 30 heavy (non-hydrogen) atoms. The van der Waals surface area contributed by atoms with Crippen LogP contribution >= 0.6 is 11.6 Å². The Kier molecular flexibility index (Phi) is 7.79. The second-order valence-electron chi connectivity index (χ2n) is 5.99. The number of esters is 1. The lowest BCUT2D eigenvalue weighted by atomic mass is 10.1. The second kappa shape index (κ2) is 10.1. The number of benzene rings is 2. The van der Waals surface area contributed by atoms with Crippen molar-refractivity contribution in [1.82, 2.24) is 5.43 Å². The number of halogens is 1. The number of rotatable bonds is 8. The van der Waals surface area contributed by atoms with Crippen LogP contribution in [0.15, 0.2) is 47.6 Å². The molecule has 0 saturated heterocycles. The summed E-state index contributed by atoms with van der Waals surface area (Å²) >= 11 is 5.97. The molecule has 160 valence electrons. The van der Waals surface area contributed by atoms with Crippen LogP contribution in [0.5, 0.6) is 5.75 Å². The summed E-state index contributed by atoms with van der Waals surface area (Å²) in [5.41, 5.74) is 3.38. The highest BCUT2D eigenvalue weighted by atomic mass is 35.5. The van der Waals surface area contributed by atoms with Crippen LogP contribution < -0.4 is 14.5 Å². The van der Waals surface area contributed by atoms with Gasteiger partial charge in [0, 0.05) is 5.02 Å². The van der Waals surface area contributed by atoms with E-state index in [2.05, 4.69) is 15.3 Å². The van der Waals surface area contributed by atoms with Crippen LogP contribution in [-0.4, -0.2) is 53.5 Å². The lowest BCUT2D eigenvalue weighted by molar-refractivity contribution is -0.119. The van der Waals surface area contributed by atoms with Gasteiger partial charge in [-0.15, -0.1) is 0 Å². The number of hydrazone groups is 1. The van der Waals surface area contributed by atoms with Gasteiger partial charge in [-0.1, -0.05) is 23.7 Å². The zero-order valence-corrected chi connectivity index (χ0v) is 18.0. The maximum Gasteiger partial charge on any atom is 0.337 e. The summed E-state index contributed by atoms with van der Waals surface area (Å²) < 4.78 is 35.1. The van der Waals surface area contributed by atoms with E-state index in [9.17, 15) is 18.0 Å². The SMILES string of the molecule is COC(=O)c1ccc(/C=N\NC(=O)CN(c2cc(Cl)ccc2OC)S(C)(=O)=O)cc1. The fourth-order valence-corrected chi connectivity index (χ4v) is 3.42. The van der Waals surface area contributed by atoms with Crippen LogP contribution in [0.2, 0.25) is 5.02 Å². The highest BCUT2D eigenvalue weighted by Crippen LogP contribution is 2.32. The smallest absolute Gasteiger partial charge is 0.337 e. The predicted octanol–water partition coefficient (Wildman–Crippen LogP) is 2.05. The first kappa shape index (κ1) is 23.2. The predicted molar refractivity (Wildman–Crippen MR) is 114 cm³/mol. The molecule has 1 N–H and O–H groups in total. The summed E-state index contributed by atoms with van der Waals surface area (Å²) in [5, 5.41) is 4.09. The minimum absolute atomic E-state index is 0.130. The Hall–Kier alpha value is -3.11. The molecule has 11 heteroatoms. The molecule has 9 nitrogen and oxygen atoms in total. The van der Waals surface area contributed by atoms with E-state index in [4.69, 9.17) is 16.3 Å². The van der Waals surface area contributed by atoms with E-state index < -0.39 is 28.4 Å². The highest BCUT2D eigenvalue weighted by Gasteiger charge is 2.24. The van der Waals surface area contributed by atoms with Crippen molar-refractivity contribution >= 4 is 45.4 Å². The second-order valence-corrected chi connectivity index (χ2v) is 8.34. The maximum atomic E-state index is 12.3. The largest absolute Gasteiger partial charge is 0.495 e. The van der Waals surface area contributed by atoms with Gasteiger partial charge >= 0.3 is 5.97 Å². The first-order valence-corrected chi connectivity index (χ1v) is 10.7. The number of nitrogens with one attached hydrogen (secondary N) is 1. The lowest BCUT2D eigenvalue weighted by Crippen LogP contribution is -2.39. The summed E-state index contributed by atoms with van der Waals surface area (Å²) in [6, 6.07) is 10.8. The minimum Gasteiger partial charge on any atom is -0.495 e. The molecular weight excluding hydrogens is 434 g/mol. The molecule has 0 unspecified atom stereocenters. The molecule has 0 aromatic heterocycles. The number of nitrogens with zero attached hydrogens (tertiary/aromatic N) is 2. The van der Waals surface area contributed by atoms with Crippen LogP contribution in [0.25, 0.3) is 0 Å². The van der Waals surface area contributed by atoms with Gasteiger partial charge in [0.15, 0.2) is 0 Å². The number of carbonyl (C=O) groups is 2. The van der Waals surface area contributed by atoms with Gasteiger partial charge in [0.25, 0.3) is 5.91 Å². The Balaban J connectivity index is 2.11. The van der Waals surface area contributed by atoms with Gasteiger partial charge in [-0.05, 0) is 35.9 Å². The first-order valence-electron chi connectivity index (χ1n) is 8.47. The Labute approximate surface area is 179 Å². The Morgan fingerprint density at radius 3 is 2.40 bits per heavy atom. The van der Waals surface area contributed by atoms with Gasteiger partial charge < -0.3 is 9.47 Å². The summed E-state index contributed by atoms with van der Waals surface area (Å²) in [7, 11) is -1.16. The molecule has 1 amide bonds. The number of sulfonamides is 1. The van der Waals surface area contributed by atoms with E-state index in [1.165, 1.54) is 32.6 Å². The van der Waals surface area contributed by atoms with Gasteiger partial charge in [-0.2, -0.15) is 5.10 Å². The molecule has 0 heterocycles. The fraction of sp³-hybridized carbons (Fsp3) is 0.211. The molecule has 0 aliphatic rings. The standard InChI is InChI=1S/C19H20ClN3O6S/c1-28-17-9-8-15(20)10-16(17)23(30(3,26)27)12-18(24)22-21-11-13-4-6-14(7-5-13)19(25)29-2/h4-11H,12H2,1-3H3,(H,22,24)/b21-11-. The van der Waals surface area contributed by atoms with Crippen molar-refractivity contribution < 1.29 is 27.5 Å². The van der Waals surface area contributed by atoms with E-state index in [1.54, 1.807) is 30.3 Å². The third-order valence-electron chi connectivity index (χ3n) is 3.83. The van der Waals surface area contributed by atoms with Gasteiger partial charge in [0.2, 0.25) is 10.0 Å². The number of hydrogen-bond donors (Lipinski definition) is 1. The van der Waals surface area contributed by atoms with Gasteiger partial charge in [0.1, 0.15) is 12.3 Å². The number of amides is 1. The molecule has 0 atom stereocenters. The Morgan fingerprint density at radius 2 is 1.83 bits per heavy atom. The van der Waals surface area contributed by atoms with E-state index in [0.717, 1.165) is 10.6 Å². The number of hydrogen-bond acceptors (Lipinski definition) is 7. The molecular formula is C19H20ClN3O6S.